The normalized spacial score (nSPS) is 15.4. The van der Waals surface area contributed by atoms with E-state index in [1.165, 1.54) is 0 Å². The second-order valence-corrected chi connectivity index (χ2v) is 5.70. The Bertz CT molecular complexity index is 538. The van der Waals surface area contributed by atoms with E-state index in [1.54, 1.807) is 6.07 Å². The van der Waals surface area contributed by atoms with Crippen molar-refractivity contribution in [3.63, 3.8) is 0 Å². The molecule has 1 aliphatic carbocycles. The maximum atomic E-state index is 11.7. The molecule has 1 aliphatic rings. The van der Waals surface area contributed by atoms with Crippen molar-refractivity contribution in [1.82, 2.24) is 5.32 Å². The van der Waals surface area contributed by atoms with E-state index in [-0.39, 0.29) is 6.10 Å². The van der Waals surface area contributed by atoms with Gasteiger partial charge in [0.1, 0.15) is 0 Å². The number of anilines is 1. The van der Waals surface area contributed by atoms with Gasteiger partial charge in [-0.25, -0.2) is 0 Å². The van der Waals surface area contributed by atoms with Crippen LogP contribution in [-0.2, 0) is 9.59 Å². The number of carbonyl (C=O) groups excluding carboxylic acids is 2. The van der Waals surface area contributed by atoms with Gasteiger partial charge in [-0.05, 0) is 62.3 Å². The molecule has 0 aliphatic heterocycles. The van der Waals surface area contributed by atoms with Crippen molar-refractivity contribution in [2.45, 2.75) is 39.2 Å². The van der Waals surface area contributed by atoms with Gasteiger partial charge in [0.15, 0.2) is 0 Å². The summed E-state index contributed by atoms with van der Waals surface area (Å²) in [6.45, 7) is 4.25. The Morgan fingerprint density at radius 1 is 1.24 bits per heavy atom. The number of hydrogen-bond acceptors (Lipinski definition) is 3. The van der Waals surface area contributed by atoms with Gasteiger partial charge in [0, 0.05) is 12.2 Å². The average molecular weight is 290 g/mol. The van der Waals surface area contributed by atoms with Gasteiger partial charge in [-0.1, -0.05) is 6.07 Å². The van der Waals surface area contributed by atoms with E-state index in [9.17, 15) is 14.7 Å². The third-order valence-corrected chi connectivity index (χ3v) is 3.86. The van der Waals surface area contributed by atoms with E-state index in [0.717, 1.165) is 24.0 Å². The number of rotatable bonds is 5. The minimum Gasteiger partial charge on any atom is -0.393 e. The first-order chi connectivity index (χ1) is 9.97. The van der Waals surface area contributed by atoms with Gasteiger partial charge in [0.2, 0.25) is 0 Å². The van der Waals surface area contributed by atoms with Crippen LogP contribution in [0.1, 0.15) is 30.4 Å². The lowest BCUT2D eigenvalue weighted by atomic mass is 10.1. The lowest BCUT2D eigenvalue weighted by molar-refractivity contribution is -0.136. The highest BCUT2D eigenvalue weighted by Gasteiger charge is 2.29. The number of carbonyl (C=O) groups is 2. The van der Waals surface area contributed by atoms with E-state index in [0.29, 0.717) is 24.6 Å². The van der Waals surface area contributed by atoms with E-state index in [2.05, 4.69) is 10.6 Å². The van der Waals surface area contributed by atoms with Gasteiger partial charge >= 0.3 is 11.8 Å². The van der Waals surface area contributed by atoms with Crippen LogP contribution >= 0.6 is 0 Å². The predicted octanol–water partition coefficient (Wildman–Crippen LogP) is 1.52. The minimum atomic E-state index is -0.681. The molecule has 0 aromatic heterocycles. The molecule has 1 atom stereocenters. The first kappa shape index (κ1) is 15.5. The fraction of sp³-hybridized carbons (Fsp3) is 0.500. The third-order valence-electron chi connectivity index (χ3n) is 3.86. The van der Waals surface area contributed by atoms with Crippen molar-refractivity contribution in [2.75, 3.05) is 11.9 Å². The lowest BCUT2D eigenvalue weighted by Crippen LogP contribution is -2.37. The van der Waals surface area contributed by atoms with Crippen LogP contribution in [0.25, 0.3) is 0 Å². The quantitative estimate of drug-likeness (QED) is 0.719. The Morgan fingerprint density at radius 3 is 2.57 bits per heavy atom. The fourth-order valence-electron chi connectivity index (χ4n) is 2.14. The molecule has 2 rings (SSSR count). The molecule has 1 saturated carbocycles. The van der Waals surface area contributed by atoms with Gasteiger partial charge in [0.05, 0.1) is 6.10 Å². The monoisotopic (exact) mass is 290 g/mol. The summed E-state index contributed by atoms with van der Waals surface area (Å²) in [4.78, 5) is 23.4. The first-order valence-corrected chi connectivity index (χ1v) is 7.32. The van der Waals surface area contributed by atoms with Gasteiger partial charge < -0.3 is 15.7 Å². The Labute approximate surface area is 124 Å². The summed E-state index contributed by atoms with van der Waals surface area (Å²) in [6.07, 6.45) is 2.24. The van der Waals surface area contributed by atoms with Crippen molar-refractivity contribution in [3.05, 3.63) is 29.3 Å². The topological polar surface area (TPSA) is 78.4 Å². The first-order valence-electron chi connectivity index (χ1n) is 7.32. The summed E-state index contributed by atoms with van der Waals surface area (Å²) in [7, 11) is 0. The maximum Gasteiger partial charge on any atom is 0.313 e. The molecule has 1 fully saturated rings. The standard InChI is InChI=1S/C16H22N2O3/c1-10-3-6-13(9-11(10)2)18-16(21)15(20)17-8-7-14(19)12-4-5-12/h3,6,9,12,14,19H,4-5,7-8H2,1-2H3,(H,17,20)(H,18,21). The van der Waals surface area contributed by atoms with Crippen LogP contribution in [0.2, 0.25) is 0 Å². The second kappa shape index (κ2) is 6.72. The molecular formula is C16H22N2O3. The SMILES string of the molecule is Cc1ccc(NC(=O)C(=O)NCCC(O)C2CC2)cc1C. The van der Waals surface area contributed by atoms with Crippen LogP contribution in [0.15, 0.2) is 18.2 Å². The highest BCUT2D eigenvalue weighted by molar-refractivity contribution is 6.39. The van der Waals surface area contributed by atoms with Gasteiger partial charge in [-0.2, -0.15) is 0 Å². The van der Waals surface area contributed by atoms with Gasteiger partial charge in [0.25, 0.3) is 0 Å². The molecule has 2 amide bonds. The zero-order valence-electron chi connectivity index (χ0n) is 12.5. The van der Waals surface area contributed by atoms with E-state index in [1.807, 2.05) is 26.0 Å². The number of aliphatic hydroxyl groups excluding tert-OH is 1. The summed E-state index contributed by atoms with van der Waals surface area (Å²) < 4.78 is 0. The van der Waals surface area contributed by atoms with Crippen LogP contribution in [0.4, 0.5) is 5.69 Å². The molecule has 0 spiro atoms. The number of amides is 2. The molecule has 0 bridgehead atoms. The van der Waals surface area contributed by atoms with Crippen LogP contribution in [-0.4, -0.2) is 29.6 Å². The summed E-state index contributed by atoms with van der Waals surface area (Å²) in [5.74, 6) is -0.971. The highest BCUT2D eigenvalue weighted by atomic mass is 16.3. The molecular weight excluding hydrogens is 268 g/mol. The molecule has 114 valence electrons. The smallest absolute Gasteiger partial charge is 0.313 e. The minimum absolute atomic E-state index is 0.316. The zero-order valence-corrected chi connectivity index (χ0v) is 12.5. The molecule has 1 aromatic carbocycles. The molecule has 0 radical (unpaired) electrons. The Balaban J connectivity index is 1.76. The lowest BCUT2D eigenvalue weighted by Gasteiger charge is -2.10. The largest absolute Gasteiger partial charge is 0.393 e. The molecule has 0 saturated heterocycles. The molecule has 21 heavy (non-hydrogen) atoms. The Hall–Kier alpha value is -1.88. The number of nitrogens with one attached hydrogen (secondary N) is 2. The summed E-state index contributed by atoms with van der Waals surface area (Å²) in [5.41, 5.74) is 2.79. The van der Waals surface area contributed by atoms with Crippen LogP contribution in [0, 0.1) is 19.8 Å². The van der Waals surface area contributed by atoms with Crippen molar-refractivity contribution in [1.29, 1.82) is 0 Å². The maximum absolute atomic E-state index is 11.7. The molecule has 1 unspecified atom stereocenters. The molecule has 0 heterocycles. The van der Waals surface area contributed by atoms with Crippen molar-refractivity contribution in [3.8, 4) is 0 Å². The van der Waals surface area contributed by atoms with Gasteiger partial charge in [-0.3, -0.25) is 9.59 Å². The van der Waals surface area contributed by atoms with Crippen LogP contribution in [0.3, 0.4) is 0 Å². The molecule has 1 aromatic rings. The Morgan fingerprint density at radius 2 is 1.95 bits per heavy atom. The fourth-order valence-corrected chi connectivity index (χ4v) is 2.14. The summed E-state index contributed by atoms with van der Waals surface area (Å²) >= 11 is 0. The summed E-state index contributed by atoms with van der Waals surface area (Å²) in [5, 5.41) is 14.8. The number of benzene rings is 1. The van der Waals surface area contributed by atoms with E-state index < -0.39 is 11.8 Å². The number of aliphatic hydroxyl groups is 1. The molecule has 5 nitrogen and oxygen atoms in total. The second-order valence-electron chi connectivity index (χ2n) is 5.70. The Kier molecular flexibility index (Phi) is 4.96. The van der Waals surface area contributed by atoms with Crippen molar-refractivity contribution < 1.29 is 14.7 Å². The number of aryl methyl sites for hydroxylation is 2. The van der Waals surface area contributed by atoms with Crippen molar-refractivity contribution >= 4 is 17.5 Å². The highest BCUT2D eigenvalue weighted by Crippen LogP contribution is 2.33. The van der Waals surface area contributed by atoms with E-state index in [4.69, 9.17) is 0 Å². The van der Waals surface area contributed by atoms with Crippen molar-refractivity contribution in [2.24, 2.45) is 5.92 Å². The summed E-state index contributed by atoms with van der Waals surface area (Å²) in [6, 6.07) is 5.50. The average Bonchev–Trinajstić information content (AvgIpc) is 3.27. The molecule has 5 heteroatoms. The number of hydrogen-bond donors (Lipinski definition) is 3. The third kappa shape index (κ3) is 4.56. The predicted molar refractivity (Wildman–Crippen MR) is 80.9 cm³/mol. The zero-order chi connectivity index (χ0) is 15.4. The van der Waals surface area contributed by atoms with Crippen LogP contribution in [0.5, 0.6) is 0 Å². The van der Waals surface area contributed by atoms with Gasteiger partial charge in [-0.15, -0.1) is 0 Å². The van der Waals surface area contributed by atoms with E-state index >= 15 is 0 Å². The van der Waals surface area contributed by atoms with Crippen LogP contribution < -0.4 is 10.6 Å². The molecule has 3 N–H and O–H groups in total.